The lowest BCUT2D eigenvalue weighted by Gasteiger charge is -2.40. The predicted molar refractivity (Wildman–Crippen MR) is 130 cm³/mol. The Bertz CT molecular complexity index is 1320. The zero-order valence-corrected chi connectivity index (χ0v) is 19.3. The average Bonchev–Trinajstić information content (AvgIpc) is 3.25. The molecule has 174 valence electrons. The second kappa shape index (κ2) is 9.25. The van der Waals surface area contributed by atoms with Gasteiger partial charge in [0.25, 0.3) is 11.9 Å². The Kier molecular flexibility index (Phi) is 6.01. The topological polar surface area (TPSA) is 71.3 Å². The van der Waals surface area contributed by atoms with Crippen LogP contribution in [0.3, 0.4) is 0 Å². The van der Waals surface area contributed by atoms with Crippen molar-refractivity contribution in [3.05, 3.63) is 77.7 Å². The van der Waals surface area contributed by atoms with Crippen LogP contribution in [0.5, 0.6) is 0 Å². The highest BCUT2D eigenvalue weighted by atomic mass is 19.1. The summed E-state index contributed by atoms with van der Waals surface area (Å²) in [7, 11) is 0. The van der Waals surface area contributed by atoms with Crippen LogP contribution in [0.4, 0.5) is 10.4 Å². The number of aromatic nitrogens is 2. The van der Waals surface area contributed by atoms with E-state index in [0.717, 1.165) is 29.7 Å². The molecule has 1 aliphatic rings. The molecule has 0 radical (unpaired) electrons. The van der Waals surface area contributed by atoms with Gasteiger partial charge in [-0.2, -0.15) is 4.98 Å². The quantitative estimate of drug-likeness (QED) is 0.416. The largest absolute Gasteiger partial charge is 0.424 e. The van der Waals surface area contributed by atoms with E-state index < -0.39 is 0 Å². The first-order valence-corrected chi connectivity index (χ1v) is 11.6. The lowest BCUT2D eigenvalue weighted by Crippen LogP contribution is -2.51. The fraction of sp³-hybridized carbons (Fsp3) is 0.296. The van der Waals surface area contributed by atoms with Gasteiger partial charge < -0.3 is 14.6 Å². The van der Waals surface area contributed by atoms with Gasteiger partial charge in [0, 0.05) is 36.5 Å². The number of hydrogen-bond acceptors (Lipinski definition) is 5. The van der Waals surface area contributed by atoms with Crippen molar-refractivity contribution in [1.29, 1.82) is 0 Å². The summed E-state index contributed by atoms with van der Waals surface area (Å²) in [5, 5.41) is 3.24. The van der Waals surface area contributed by atoms with Crippen LogP contribution in [0, 0.1) is 18.7 Å². The maximum atomic E-state index is 13.9. The van der Waals surface area contributed by atoms with Crippen molar-refractivity contribution in [2.24, 2.45) is 5.92 Å². The Balaban J connectivity index is 1.41. The minimum atomic E-state index is -0.355. The molecule has 1 unspecified atom stereocenters. The number of fused-ring (bicyclic) bond motifs is 1. The molecular formula is C27H27FN4O2. The molecule has 3 heterocycles. The SMILES string of the molecule is Cc1ccc(-c2ccccn2)c(C(=O)N2CCC[C@@H](C)C2CNc2nc3cc(F)ccc3o2)c1. The number of carbonyl (C=O) groups is 1. The highest BCUT2D eigenvalue weighted by Crippen LogP contribution is 2.30. The molecule has 7 heteroatoms. The van der Waals surface area contributed by atoms with E-state index in [-0.39, 0.29) is 17.8 Å². The second-order valence-electron chi connectivity index (χ2n) is 8.96. The maximum absolute atomic E-state index is 13.9. The molecule has 2 aromatic heterocycles. The van der Waals surface area contributed by atoms with Crippen LogP contribution in [0.25, 0.3) is 22.4 Å². The summed E-state index contributed by atoms with van der Waals surface area (Å²) < 4.78 is 19.2. The van der Waals surface area contributed by atoms with E-state index in [1.807, 2.05) is 48.2 Å². The Hall–Kier alpha value is -3.74. The number of halogens is 1. The monoisotopic (exact) mass is 458 g/mol. The summed E-state index contributed by atoms with van der Waals surface area (Å²) in [4.78, 5) is 24.7. The molecule has 0 aliphatic carbocycles. The van der Waals surface area contributed by atoms with Gasteiger partial charge in [0.05, 0.1) is 11.7 Å². The summed E-state index contributed by atoms with van der Waals surface area (Å²) >= 11 is 0. The van der Waals surface area contributed by atoms with Crippen molar-refractivity contribution in [3.63, 3.8) is 0 Å². The van der Waals surface area contributed by atoms with Gasteiger partial charge >= 0.3 is 0 Å². The molecule has 1 amide bonds. The van der Waals surface area contributed by atoms with Crippen molar-refractivity contribution < 1.29 is 13.6 Å². The lowest BCUT2D eigenvalue weighted by molar-refractivity contribution is 0.0540. The molecular weight excluding hydrogens is 431 g/mol. The number of oxazole rings is 1. The molecule has 6 nitrogen and oxygen atoms in total. The summed E-state index contributed by atoms with van der Waals surface area (Å²) in [6.45, 7) is 5.34. The Morgan fingerprint density at radius 1 is 1.21 bits per heavy atom. The van der Waals surface area contributed by atoms with E-state index in [0.29, 0.717) is 41.7 Å². The molecule has 2 aromatic carbocycles. The minimum Gasteiger partial charge on any atom is -0.424 e. The third-order valence-electron chi connectivity index (χ3n) is 6.53. The molecule has 0 saturated carbocycles. The number of nitrogens with zero attached hydrogens (tertiary/aromatic N) is 3. The zero-order chi connectivity index (χ0) is 23.7. The van der Waals surface area contributed by atoms with E-state index in [4.69, 9.17) is 4.42 Å². The smallest absolute Gasteiger partial charge is 0.295 e. The van der Waals surface area contributed by atoms with E-state index in [1.54, 1.807) is 12.3 Å². The van der Waals surface area contributed by atoms with Crippen molar-refractivity contribution in [1.82, 2.24) is 14.9 Å². The Labute approximate surface area is 197 Å². The first kappa shape index (κ1) is 22.1. The summed E-state index contributed by atoms with van der Waals surface area (Å²) in [6, 6.07) is 16.2. The molecule has 1 aliphatic heterocycles. The van der Waals surface area contributed by atoms with Gasteiger partial charge in [-0.05, 0) is 56.0 Å². The van der Waals surface area contributed by atoms with Crippen LogP contribution in [0.15, 0.2) is 65.2 Å². The number of amides is 1. The fourth-order valence-electron chi connectivity index (χ4n) is 4.72. The number of hydrogen-bond donors (Lipinski definition) is 1. The minimum absolute atomic E-state index is 0.00217. The first-order valence-electron chi connectivity index (χ1n) is 11.6. The molecule has 5 rings (SSSR count). The fourth-order valence-corrected chi connectivity index (χ4v) is 4.72. The number of aryl methyl sites for hydroxylation is 1. The third-order valence-corrected chi connectivity index (χ3v) is 6.53. The molecule has 0 bridgehead atoms. The molecule has 4 aromatic rings. The van der Waals surface area contributed by atoms with Crippen LogP contribution in [0.2, 0.25) is 0 Å². The number of carbonyl (C=O) groups excluding carboxylic acids is 1. The standard InChI is InChI=1S/C27H27FN4O2/c1-17-8-10-20(22-7-3-4-12-29-22)21(14-17)26(33)32-13-5-6-18(2)24(32)16-30-27-31-23-15-19(28)9-11-25(23)34-27/h3-4,7-12,14-15,18,24H,5-6,13,16H2,1-2H3,(H,30,31)/t18-,24?/m1/s1. The number of likely N-dealkylation sites (tertiary alicyclic amines) is 1. The van der Waals surface area contributed by atoms with Gasteiger partial charge in [-0.1, -0.05) is 30.7 Å². The average molecular weight is 459 g/mol. The van der Waals surface area contributed by atoms with Crippen molar-refractivity contribution in [2.75, 3.05) is 18.4 Å². The molecule has 0 spiro atoms. The number of piperidine rings is 1. The van der Waals surface area contributed by atoms with Crippen LogP contribution >= 0.6 is 0 Å². The van der Waals surface area contributed by atoms with Gasteiger partial charge in [0.1, 0.15) is 11.3 Å². The van der Waals surface area contributed by atoms with Gasteiger partial charge in [0.15, 0.2) is 5.58 Å². The van der Waals surface area contributed by atoms with Gasteiger partial charge in [-0.3, -0.25) is 9.78 Å². The maximum Gasteiger partial charge on any atom is 0.295 e. The van der Waals surface area contributed by atoms with E-state index in [2.05, 4.69) is 22.2 Å². The lowest BCUT2D eigenvalue weighted by atomic mass is 9.89. The number of rotatable bonds is 5. The van der Waals surface area contributed by atoms with E-state index >= 15 is 0 Å². The van der Waals surface area contributed by atoms with Crippen molar-refractivity contribution in [3.8, 4) is 11.3 Å². The third kappa shape index (κ3) is 4.38. The predicted octanol–water partition coefficient (Wildman–Crippen LogP) is 5.69. The van der Waals surface area contributed by atoms with Gasteiger partial charge in [-0.15, -0.1) is 0 Å². The zero-order valence-electron chi connectivity index (χ0n) is 19.3. The molecule has 1 N–H and O–H groups in total. The van der Waals surface area contributed by atoms with Crippen LogP contribution < -0.4 is 5.32 Å². The number of pyridine rings is 1. The molecule has 2 atom stereocenters. The van der Waals surface area contributed by atoms with Gasteiger partial charge in [-0.25, -0.2) is 4.39 Å². The summed E-state index contributed by atoms with van der Waals surface area (Å²) in [5.41, 5.74) is 4.29. The number of benzene rings is 2. The second-order valence-corrected chi connectivity index (χ2v) is 8.96. The molecule has 1 fully saturated rings. The number of anilines is 1. The summed E-state index contributed by atoms with van der Waals surface area (Å²) in [5.74, 6) is -0.0515. The highest BCUT2D eigenvalue weighted by molar-refractivity contribution is 6.01. The van der Waals surface area contributed by atoms with Gasteiger partial charge in [0.2, 0.25) is 0 Å². The van der Waals surface area contributed by atoms with Crippen LogP contribution in [-0.2, 0) is 0 Å². The molecule has 1 saturated heterocycles. The van der Waals surface area contributed by atoms with Crippen molar-refractivity contribution in [2.45, 2.75) is 32.7 Å². The summed E-state index contributed by atoms with van der Waals surface area (Å²) in [6.07, 6.45) is 3.73. The van der Waals surface area contributed by atoms with E-state index in [9.17, 15) is 9.18 Å². The van der Waals surface area contributed by atoms with Crippen molar-refractivity contribution >= 4 is 23.0 Å². The number of nitrogens with one attached hydrogen (secondary N) is 1. The normalized spacial score (nSPS) is 18.3. The Morgan fingerprint density at radius 2 is 2.09 bits per heavy atom. The Morgan fingerprint density at radius 3 is 2.91 bits per heavy atom. The van der Waals surface area contributed by atoms with Crippen LogP contribution in [0.1, 0.15) is 35.7 Å². The van der Waals surface area contributed by atoms with E-state index in [1.165, 1.54) is 12.1 Å². The highest BCUT2D eigenvalue weighted by Gasteiger charge is 2.33. The molecule has 34 heavy (non-hydrogen) atoms. The first-order chi connectivity index (χ1) is 16.5. The van der Waals surface area contributed by atoms with Crippen LogP contribution in [-0.4, -0.2) is 39.9 Å².